The van der Waals surface area contributed by atoms with Crippen LogP contribution in [-0.4, -0.2) is 24.5 Å². The van der Waals surface area contributed by atoms with E-state index in [1.54, 1.807) is 0 Å². The van der Waals surface area contributed by atoms with Crippen molar-refractivity contribution >= 4 is 5.91 Å². The van der Waals surface area contributed by atoms with Gasteiger partial charge in [0.1, 0.15) is 0 Å². The average Bonchev–Trinajstić information content (AvgIpc) is 2.84. The van der Waals surface area contributed by atoms with Gasteiger partial charge in [-0.1, -0.05) is 19.8 Å². The molecule has 0 radical (unpaired) electrons. The summed E-state index contributed by atoms with van der Waals surface area (Å²) in [5.74, 6) is 1.17. The lowest BCUT2D eigenvalue weighted by Gasteiger charge is -2.29. The van der Waals surface area contributed by atoms with E-state index in [0.29, 0.717) is 18.5 Å². The number of hydrogen-bond acceptors (Lipinski definition) is 2. The van der Waals surface area contributed by atoms with Crippen LogP contribution in [0.3, 0.4) is 0 Å². The first-order valence-electron chi connectivity index (χ1n) is 7.80. The van der Waals surface area contributed by atoms with Gasteiger partial charge in [-0.3, -0.25) is 4.79 Å². The Hall–Kier alpha value is -0.570. The maximum atomic E-state index is 11.9. The molecule has 0 spiro atoms. The summed E-state index contributed by atoms with van der Waals surface area (Å²) in [7, 11) is 0. The van der Waals surface area contributed by atoms with Crippen LogP contribution < -0.4 is 10.6 Å². The average molecular weight is 252 g/mol. The van der Waals surface area contributed by atoms with Gasteiger partial charge in [0.25, 0.3) is 0 Å². The first-order chi connectivity index (χ1) is 8.78. The van der Waals surface area contributed by atoms with Crippen LogP contribution in [0.25, 0.3) is 0 Å². The normalized spacial score (nSPS) is 32.4. The predicted molar refractivity (Wildman–Crippen MR) is 74.4 cm³/mol. The second kappa shape index (κ2) is 7.13. The van der Waals surface area contributed by atoms with Gasteiger partial charge in [0.05, 0.1) is 0 Å². The van der Waals surface area contributed by atoms with E-state index < -0.39 is 0 Å². The van der Waals surface area contributed by atoms with Crippen molar-refractivity contribution in [2.45, 2.75) is 76.8 Å². The van der Waals surface area contributed by atoms with Crippen LogP contribution in [0.2, 0.25) is 0 Å². The first kappa shape index (κ1) is 13.9. The van der Waals surface area contributed by atoms with Crippen LogP contribution in [0, 0.1) is 5.92 Å². The van der Waals surface area contributed by atoms with Crippen LogP contribution in [0.15, 0.2) is 0 Å². The summed E-state index contributed by atoms with van der Waals surface area (Å²) in [4.78, 5) is 11.9. The van der Waals surface area contributed by atoms with E-state index in [9.17, 15) is 4.79 Å². The number of hydrogen-bond donors (Lipinski definition) is 2. The molecule has 0 bridgehead atoms. The number of carbonyl (C=O) groups excluding carboxylic acids is 1. The van der Waals surface area contributed by atoms with E-state index in [4.69, 9.17) is 0 Å². The lowest BCUT2D eigenvalue weighted by molar-refractivity contribution is -0.122. The Labute approximate surface area is 111 Å². The van der Waals surface area contributed by atoms with Gasteiger partial charge in [-0.2, -0.15) is 0 Å². The highest BCUT2D eigenvalue weighted by atomic mass is 16.1. The van der Waals surface area contributed by atoms with Crippen LogP contribution in [0.1, 0.15) is 64.7 Å². The van der Waals surface area contributed by atoms with Crippen LogP contribution in [0.4, 0.5) is 0 Å². The molecule has 3 heteroatoms. The molecule has 1 saturated carbocycles. The van der Waals surface area contributed by atoms with Gasteiger partial charge >= 0.3 is 0 Å². The van der Waals surface area contributed by atoms with Gasteiger partial charge < -0.3 is 10.6 Å². The van der Waals surface area contributed by atoms with Crippen molar-refractivity contribution in [2.75, 3.05) is 6.54 Å². The third kappa shape index (κ3) is 4.27. The fourth-order valence-corrected chi connectivity index (χ4v) is 3.45. The zero-order valence-electron chi connectivity index (χ0n) is 11.7. The molecule has 104 valence electrons. The summed E-state index contributed by atoms with van der Waals surface area (Å²) in [6.07, 6.45) is 10.7. The smallest absolute Gasteiger partial charge is 0.221 e. The van der Waals surface area contributed by atoms with Crippen molar-refractivity contribution < 1.29 is 4.79 Å². The number of amides is 1. The Bertz CT molecular complexity index is 253. The molecule has 1 atom stereocenters. The Morgan fingerprint density at radius 1 is 1.22 bits per heavy atom. The molecule has 3 nitrogen and oxygen atoms in total. The van der Waals surface area contributed by atoms with E-state index >= 15 is 0 Å². The minimum absolute atomic E-state index is 0.258. The van der Waals surface area contributed by atoms with Gasteiger partial charge in [0.15, 0.2) is 0 Å². The lowest BCUT2D eigenvalue weighted by Crippen LogP contribution is -2.40. The standard InChI is InChI=1S/C15H28N2O/c1-2-4-12-6-8-13(9-7-12)17-15(18)11-14-5-3-10-16-14/h12-14,16H,2-11H2,1H3,(H,17,18). The van der Waals surface area contributed by atoms with Crippen molar-refractivity contribution in [3.63, 3.8) is 0 Å². The highest BCUT2D eigenvalue weighted by Crippen LogP contribution is 2.27. The molecular formula is C15H28N2O. The summed E-state index contributed by atoms with van der Waals surface area (Å²) in [6, 6.07) is 0.883. The Balaban J connectivity index is 1.63. The van der Waals surface area contributed by atoms with Gasteiger partial charge in [-0.05, 0) is 51.0 Å². The number of rotatable bonds is 5. The molecule has 0 aromatic heterocycles. The zero-order valence-corrected chi connectivity index (χ0v) is 11.7. The number of carbonyl (C=O) groups is 1. The van der Waals surface area contributed by atoms with Crippen molar-refractivity contribution in [3.8, 4) is 0 Å². The molecule has 1 heterocycles. The minimum atomic E-state index is 0.258. The molecule has 1 unspecified atom stereocenters. The lowest BCUT2D eigenvalue weighted by atomic mass is 9.83. The molecule has 2 fully saturated rings. The van der Waals surface area contributed by atoms with Crippen molar-refractivity contribution in [1.29, 1.82) is 0 Å². The predicted octanol–water partition coefficient (Wildman–Crippen LogP) is 2.60. The molecule has 1 saturated heterocycles. The Morgan fingerprint density at radius 3 is 2.61 bits per heavy atom. The Morgan fingerprint density at radius 2 is 2.00 bits per heavy atom. The molecule has 1 amide bonds. The fraction of sp³-hybridized carbons (Fsp3) is 0.933. The fourth-order valence-electron chi connectivity index (χ4n) is 3.45. The second-order valence-corrected chi connectivity index (χ2v) is 6.07. The minimum Gasteiger partial charge on any atom is -0.353 e. The molecule has 1 aliphatic carbocycles. The zero-order chi connectivity index (χ0) is 12.8. The molecule has 2 N–H and O–H groups in total. The van der Waals surface area contributed by atoms with Crippen LogP contribution >= 0.6 is 0 Å². The summed E-state index contributed by atoms with van der Waals surface area (Å²) >= 11 is 0. The quantitative estimate of drug-likeness (QED) is 0.789. The van der Waals surface area contributed by atoms with E-state index in [1.807, 2.05) is 0 Å². The summed E-state index contributed by atoms with van der Waals surface area (Å²) in [5.41, 5.74) is 0. The molecule has 0 aromatic carbocycles. The Kier molecular flexibility index (Phi) is 5.48. The van der Waals surface area contributed by atoms with Gasteiger partial charge in [-0.15, -0.1) is 0 Å². The summed E-state index contributed by atoms with van der Waals surface area (Å²) < 4.78 is 0. The van der Waals surface area contributed by atoms with Gasteiger partial charge in [0.2, 0.25) is 5.91 Å². The van der Waals surface area contributed by atoms with E-state index in [-0.39, 0.29) is 5.91 Å². The number of nitrogens with one attached hydrogen (secondary N) is 2. The van der Waals surface area contributed by atoms with Crippen LogP contribution in [0.5, 0.6) is 0 Å². The first-order valence-corrected chi connectivity index (χ1v) is 7.80. The third-order valence-electron chi connectivity index (χ3n) is 4.50. The van der Waals surface area contributed by atoms with Crippen molar-refractivity contribution in [1.82, 2.24) is 10.6 Å². The largest absolute Gasteiger partial charge is 0.353 e. The third-order valence-corrected chi connectivity index (χ3v) is 4.50. The van der Waals surface area contributed by atoms with Crippen LogP contribution in [-0.2, 0) is 4.79 Å². The molecule has 18 heavy (non-hydrogen) atoms. The molecular weight excluding hydrogens is 224 g/mol. The maximum absolute atomic E-state index is 11.9. The second-order valence-electron chi connectivity index (χ2n) is 6.07. The van der Waals surface area contributed by atoms with E-state index in [1.165, 1.54) is 44.9 Å². The highest BCUT2D eigenvalue weighted by Gasteiger charge is 2.23. The summed E-state index contributed by atoms with van der Waals surface area (Å²) in [5, 5.41) is 6.62. The van der Waals surface area contributed by atoms with E-state index in [2.05, 4.69) is 17.6 Å². The molecule has 1 aliphatic heterocycles. The summed E-state index contributed by atoms with van der Waals surface area (Å²) in [6.45, 7) is 3.35. The monoisotopic (exact) mass is 252 g/mol. The van der Waals surface area contributed by atoms with Gasteiger partial charge in [0, 0.05) is 18.5 Å². The molecule has 2 rings (SSSR count). The van der Waals surface area contributed by atoms with Crippen molar-refractivity contribution in [3.05, 3.63) is 0 Å². The van der Waals surface area contributed by atoms with Crippen molar-refractivity contribution in [2.24, 2.45) is 5.92 Å². The van der Waals surface area contributed by atoms with E-state index in [0.717, 1.165) is 18.9 Å². The molecule has 0 aromatic rings. The van der Waals surface area contributed by atoms with Gasteiger partial charge in [-0.25, -0.2) is 0 Å². The molecule has 2 aliphatic rings. The SMILES string of the molecule is CCCC1CCC(NC(=O)CC2CCCN2)CC1. The highest BCUT2D eigenvalue weighted by molar-refractivity contribution is 5.76. The topological polar surface area (TPSA) is 41.1 Å². The maximum Gasteiger partial charge on any atom is 0.221 e.